The van der Waals surface area contributed by atoms with E-state index in [1.807, 2.05) is 67.5 Å². The first-order valence-electron chi connectivity index (χ1n) is 18.6. The van der Waals surface area contributed by atoms with E-state index in [4.69, 9.17) is 71.1 Å². The molecule has 0 N–H and O–H groups in total. The fraction of sp³-hybridized carbons (Fsp3) is 0.842. The topological polar surface area (TPSA) is 138 Å². The Morgan fingerprint density at radius 2 is 0.811 bits per heavy atom. The summed E-state index contributed by atoms with van der Waals surface area (Å²) < 4.78 is 94.0. The normalized spacial score (nSPS) is 36.5. The van der Waals surface area contributed by atoms with E-state index < -0.39 is 72.0 Å². The van der Waals surface area contributed by atoms with Gasteiger partial charge in [0.1, 0.15) is 60.3 Å². The van der Waals surface area contributed by atoms with Crippen molar-refractivity contribution in [3.63, 3.8) is 0 Å². The predicted molar refractivity (Wildman–Crippen MR) is 187 cm³/mol. The van der Waals surface area contributed by atoms with Gasteiger partial charge in [-0.25, -0.2) is 0 Å². The van der Waals surface area contributed by atoms with Gasteiger partial charge in [0.25, 0.3) is 0 Å². The zero-order valence-electron chi connectivity index (χ0n) is 33.0. The van der Waals surface area contributed by atoms with Gasteiger partial charge >= 0.3 is 0 Å². The van der Waals surface area contributed by atoms with Crippen molar-refractivity contribution in [2.75, 3.05) is 67.1 Å². The molecule has 53 heavy (non-hydrogen) atoms. The molecular weight excluding hydrogens is 696 g/mol. The third kappa shape index (κ3) is 10.4. The molecule has 15 heteroatoms. The summed E-state index contributed by atoms with van der Waals surface area (Å²) in [5.41, 5.74) is 1.47. The van der Waals surface area contributed by atoms with E-state index >= 15 is 0 Å². The van der Waals surface area contributed by atoms with Crippen molar-refractivity contribution in [2.45, 2.75) is 141 Å². The summed E-state index contributed by atoms with van der Waals surface area (Å²) in [5, 5.41) is 0. The van der Waals surface area contributed by atoms with Gasteiger partial charge in [-0.2, -0.15) is 0 Å². The minimum Gasteiger partial charge on any atom is -0.497 e. The summed E-state index contributed by atoms with van der Waals surface area (Å²) in [6, 6.07) is 3.78. The molecule has 1 aromatic carbocycles. The van der Waals surface area contributed by atoms with E-state index in [0.29, 0.717) is 51.1 Å². The number of hydrogen-bond donors (Lipinski definition) is 0. The number of ether oxygens (including phenoxy) is 15. The standard InChI is InChI=1S/C38H60O15/c1-35(2)46-19-26(50-35)31-33(28-21-48-37(5,6)52-28)44-17-23-15-25(39-9)16-24(30(23)40-10)18-45-34(29-22-49-38(7,8)53-29)32(27-20-47-36(3,4)51-27)43-14-12-41-11-13-42-31/h15-16,26-29,31-34H,11-14,17-22H2,1-10H3/t26-,27-,28-,29-,31-,32-,33-,34-/m1/s1. The Hall–Kier alpha value is -1.70. The number of benzene rings is 1. The highest BCUT2D eigenvalue weighted by Crippen LogP contribution is 2.38. The van der Waals surface area contributed by atoms with Gasteiger partial charge < -0.3 is 71.1 Å². The maximum atomic E-state index is 6.80. The van der Waals surface area contributed by atoms with E-state index in [2.05, 4.69) is 0 Å². The Bertz CT molecular complexity index is 1260. The number of rotatable bonds is 6. The summed E-state index contributed by atoms with van der Waals surface area (Å²) in [7, 11) is 3.24. The lowest BCUT2D eigenvalue weighted by Crippen LogP contribution is -2.51. The van der Waals surface area contributed by atoms with Crippen LogP contribution in [0.5, 0.6) is 11.5 Å². The molecule has 4 saturated heterocycles. The lowest BCUT2D eigenvalue weighted by molar-refractivity contribution is -0.211. The van der Waals surface area contributed by atoms with Crippen LogP contribution < -0.4 is 9.47 Å². The first-order chi connectivity index (χ1) is 25.1. The van der Waals surface area contributed by atoms with Crippen LogP contribution in [0.3, 0.4) is 0 Å². The largest absolute Gasteiger partial charge is 0.497 e. The van der Waals surface area contributed by atoms with Crippen LogP contribution in [0, 0.1) is 0 Å². The van der Waals surface area contributed by atoms with Gasteiger partial charge in [-0.1, -0.05) is 0 Å². The molecule has 8 atom stereocenters. The zero-order valence-corrected chi connectivity index (χ0v) is 33.0. The lowest BCUT2D eigenvalue weighted by Gasteiger charge is -2.35. The molecule has 6 rings (SSSR count). The number of methoxy groups -OCH3 is 2. The van der Waals surface area contributed by atoms with Gasteiger partial charge in [0.15, 0.2) is 23.1 Å². The molecule has 0 aliphatic carbocycles. The van der Waals surface area contributed by atoms with Gasteiger partial charge in [-0.15, -0.1) is 0 Å². The minimum atomic E-state index is -0.804. The highest BCUT2D eigenvalue weighted by Gasteiger charge is 2.50. The summed E-state index contributed by atoms with van der Waals surface area (Å²) >= 11 is 0. The monoisotopic (exact) mass is 756 g/mol. The second-order valence-corrected chi connectivity index (χ2v) is 15.8. The van der Waals surface area contributed by atoms with Crippen molar-refractivity contribution in [3.8, 4) is 11.5 Å². The van der Waals surface area contributed by atoms with Gasteiger partial charge in [-0.05, 0) is 67.5 Å². The predicted octanol–water partition coefficient (Wildman–Crippen LogP) is 3.88. The van der Waals surface area contributed by atoms with Crippen LogP contribution in [0.1, 0.15) is 66.5 Å². The molecule has 4 fully saturated rings. The average molecular weight is 757 g/mol. The fourth-order valence-corrected chi connectivity index (χ4v) is 7.44. The molecule has 0 saturated carbocycles. The van der Waals surface area contributed by atoms with Crippen molar-refractivity contribution in [3.05, 3.63) is 23.3 Å². The van der Waals surface area contributed by atoms with Crippen LogP contribution in [0.2, 0.25) is 0 Å². The first-order valence-corrected chi connectivity index (χ1v) is 18.6. The van der Waals surface area contributed by atoms with Gasteiger partial charge in [0.05, 0.1) is 80.3 Å². The molecule has 1 aromatic rings. The highest BCUT2D eigenvalue weighted by atomic mass is 16.8. The Morgan fingerprint density at radius 3 is 1.09 bits per heavy atom. The second kappa shape index (κ2) is 16.8. The SMILES string of the molecule is COc1cc2c(OC)c(c1)CO[C@H]([C@H]1COC(C)(C)O1)[C@@H]([C@H]1COC(C)(C)O1)OCCOCCO[C@H]([C@H]1COC(C)(C)O1)[C@@H]([C@H]1COC(C)(C)O1)OC2. The maximum Gasteiger partial charge on any atom is 0.163 e. The Kier molecular flexibility index (Phi) is 13.0. The second-order valence-electron chi connectivity index (χ2n) is 15.8. The molecule has 0 spiro atoms. The van der Waals surface area contributed by atoms with Crippen LogP contribution in [0.25, 0.3) is 0 Å². The van der Waals surface area contributed by atoms with E-state index in [1.165, 1.54) is 0 Å². The first kappa shape index (κ1) is 40.9. The van der Waals surface area contributed by atoms with Crippen molar-refractivity contribution in [1.82, 2.24) is 0 Å². The molecule has 0 aromatic heterocycles. The molecule has 5 aliphatic rings. The molecule has 302 valence electrons. The van der Waals surface area contributed by atoms with E-state index in [9.17, 15) is 0 Å². The minimum absolute atomic E-state index is 0.122. The number of hydrogen-bond acceptors (Lipinski definition) is 15. The smallest absolute Gasteiger partial charge is 0.163 e. The molecule has 0 amide bonds. The molecule has 15 nitrogen and oxygen atoms in total. The molecule has 0 unspecified atom stereocenters. The number of fused-ring (bicyclic) bond motifs is 2. The Balaban J connectivity index is 1.34. The lowest BCUT2D eigenvalue weighted by atomic mass is 10.0. The maximum absolute atomic E-state index is 6.80. The quantitative estimate of drug-likeness (QED) is 0.415. The molecule has 2 bridgehead atoms. The van der Waals surface area contributed by atoms with Crippen LogP contribution in [-0.4, -0.2) is 139 Å². The van der Waals surface area contributed by atoms with E-state index in [-0.39, 0.29) is 26.4 Å². The molecule has 5 aliphatic heterocycles. The Labute approximate surface area is 313 Å². The van der Waals surface area contributed by atoms with Crippen molar-refractivity contribution >= 4 is 0 Å². The molecule has 5 heterocycles. The summed E-state index contributed by atoms with van der Waals surface area (Å²) in [6.07, 6.45) is -4.27. The highest BCUT2D eigenvalue weighted by molar-refractivity contribution is 5.47. The van der Waals surface area contributed by atoms with Crippen LogP contribution in [0.15, 0.2) is 12.1 Å². The fourth-order valence-electron chi connectivity index (χ4n) is 7.44. The van der Waals surface area contributed by atoms with Gasteiger partial charge in [0, 0.05) is 11.1 Å². The third-order valence-corrected chi connectivity index (χ3v) is 9.83. The van der Waals surface area contributed by atoms with Crippen LogP contribution in [0.4, 0.5) is 0 Å². The van der Waals surface area contributed by atoms with Gasteiger partial charge in [-0.3, -0.25) is 0 Å². The van der Waals surface area contributed by atoms with E-state index in [1.54, 1.807) is 14.2 Å². The zero-order chi connectivity index (χ0) is 38.0. The summed E-state index contributed by atoms with van der Waals surface area (Å²) in [4.78, 5) is 0. The Morgan fingerprint density at radius 1 is 0.472 bits per heavy atom. The molecule has 0 radical (unpaired) electrons. The van der Waals surface area contributed by atoms with Crippen molar-refractivity contribution in [1.29, 1.82) is 0 Å². The molecular formula is C38H60O15. The summed E-state index contributed by atoms with van der Waals surface area (Å²) in [5.74, 6) is -2.00. The van der Waals surface area contributed by atoms with Crippen molar-refractivity contribution in [2.24, 2.45) is 0 Å². The van der Waals surface area contributed by atoms with Gasteiger partial charge in [0.2, 0.25) is 0 Å². The summed E-state index contributed by atoms with van der Waals surface area (Å²) in [6.45, 7) is 17.6. The third-order valence-electron chi connectivity index (χ3n) is 9.83. The van der Waals surface area contributed by atoms with Crippen LogP contribution in [-0.2, 0) is 74.8 Å². The van der Waals surface area contributed by atoms with E-state index in [0.717, 1.165) is 11.1 Å². The van der Waals surface area contributed by atoms with Crippen molar-refractivity contribution < 1.29 is 71.1 Å². The van der Waals surface area contributed by atoms with Crippen LogP contribution >= 0.6 is 0 Å². The average Bonchev–Trinajstić information content (AvgIpc) is 3.85.